The molecule has 1 N–H and O–H groups in total. The maximum atomic E-state index is 13.8. The molecule has 0 bridgehead atoms. The highest BCUT2D eigenvalue weighted by Crippen LogP contribution is 2.31. The van der Waals surface area contributed by atoms with E-state index >= 15 is 0 Å². The minimum Gasteiger partial charge on any atom is -0.493 e. The molecule has 1 amide bonds. The lowest BCUT2D eigenvalue weighted by Crippen LogP contribution is -2.19. The second-order valence-electron chi connectivity index (χ2n) is 5.25. The monoisotopic (exact) mass is 373 g/mol. The first-order valence-corrected chi connectivity index (χ1v) is 8.73. The molecule has 2 aromatic carbocycles. The fraction of sp³-hybridized carbons (Fsp3) is 0.167. The summed E-state index contributed by atoms with van der Waals surface area (Å²) in [4.78, 5) is 11.1. The third kappa shape index (κ3) is 4.40. The smallest absolute Gasteiger partial charge is 0.236 e. The highest BCUT2D eigenvalue weighted by molar-refractivity contribution is 8.15. The van der Waals surface area contributed by atoms with Crippen LogP contribution in [0.3, 0.4) is 0 Å². The zero-order chi connectivity index (χ0) is 18.4. The lowest BCUT2D eigenvalue weighted by Gasteiger charge is -2.13. The molecule has 8 heteroatoms. The Bertz CT molecular complexity index is 871. The molecule has 0 spiro atoms. The highest BCUT2D eigenvalue weighted by atomic mass is 32.2. The van der Waals surface area contributed by atoms with Gasteiger partial charge in [-0.25, -0.2) is 4.39 Å². The van der Waals surface area contributed by atoms with Crippen molar-refractivity contribution in [2.24, 2.45) is 10.2 Å². The molecule has 3 rings (SSSR count). The fourth-order valence-corrected chi connectivity index (χ4v) is 2.87. The van der Waals surface area contributed by atoms with Crippen LogP contribution in [0.15, 0.2) is 52.7 Å². The largest absolute Gasteiger partial charge is 0.493 e. The normalized spacial score (nSPS) is 15.5. The Morgan fingerprint density at radius 3 is 2.85 bits per heavy atom. The molecule has 134 valence electrons. The van der Waals surface area contributed by atoms with Crippen LogP contribution in [-0.2, 0) is 11.4 Å². The van der Waals surface area contributed by atoms with Crippen LogP contribution >= 0.6 is 11.8 Å². The molecule has 0 atom stereocenters. The highest BCUT2D eigenvalue weighted by Gasteiger charge is 2.16. The second kappa shape index (κ2) is 8.48. The minimum absolute atomic E-state index is 0.0499. The van der Waals surface area contributed by atoms with E-state index in [1.807, 2.05) is 0 Å². The lowest BCUT2D eigenvalue weighted by atomic mass is 10.2. The summed E-state index contributed by atoms with van der Waals surface area (Å²) in [6.45, 7) is 0.0499. The molecule has 1 fully saturated rings. The van der Waals surface area contributed by atoms with Gasteiger partial charge < -0.3 is 14.8 Å². The molecule has 1 saturated heterocycles. The number of para-hydroxylation sites is 1. The molecule has 1 aliphatic rings. The molecule has 0 radical (unpaired) electrons. The van der Waals surface area contributed by atoms with Gasteiger partial charge in [-0.05, 0) is 18.2 Å². The van der Waals surface area contributed by atoms with Gasteiger partial charge >= 0.3 is 0 Å². The van der Waals surface area contributed by atoms with E-state index in [-0.39, 0.29) is 18.3 Å². The van der Waals surface area contributed by atoms with Crippen LogP contribution in [0.1, 0.15) is 11.1 Å². The Hall–Kier alpha value is -2.87. The molecule has 0 saturated carbocycles. The third-order valence-corrected chi connectivity index (χ3v) is 4.35. The molecule has 0 aliphatic carbocycles. The van der Waals surface area contributed by atoms with E-state index in [4.69, 9.17) is 9.47 Å². The number of amidine groups is 1. The maximum absolute atomic E-state index is 13.8. The Labute approximate surface area is 154 Å². The first-order chi connectivity index (χ1) is 12.7. The molecule has 6 nitrogen and oxygen atoms in total. The van der Waals surface area contributed by atoms with E-state index in [0.717, 1.165) is 0 Å². The number of amides is 1. The Morgan fingerprint density at radius 2 is 2.12 bits per heavy atom. The van der Waals surface area contributed by atoms with Gasteiger partial charge in [0.25, 0.3) is 0 Å². The van der Waals surface area contributed by atoms with Crippen molar-refractivity contribution < 1.29 is 18.7 Å². The molecule has 0 unspecified atom stereocenters. The molecule has 26 heavy (non-hydrogen) atoms. The van der Waals surface area contributed by atoms with E-state index in [1.54, 1.807) is 36.4 Å². The van der Waals surface area contributed by atoms with Crippen LogP contribution in [0.25, 0.3) is 0 Å². The van der Waals surface area contributed by atoms with Crippen molar-refractivity contribution in [1.82, 2.24) is 5.32 Å². The van der Waals surface area contributed by atoms with Crippen molar-refractivity contribution in [3.05, 3.63) is 59.4 Å². The molecule has 1 heterocycles. The number of carbonyl (C=O) groups is 1. The first-order valence-electron chi connectivity index (χ1n) is 7.74. The lowest BCUT2D eigenvalue weighted by molar-refractivity contribution is -0.116. The number of nitrogens with one attached hydrogen (secondary N) is 1. The maximum Gasteiger partial charge on any atom is 0.236 e. The summed E-state index contributed by atoms with van der Waals surface area (Å²) in [6, 6.07) is 11.7. The second-order valence-corrected chi connectivity index (χ2v) is 6.21. The molecular weight excluding hydrogens is 357 g/mol. The Balaban J connectivity index is 1.79. The number of thioether (sulfide) groups is 1. The summed E-state index contributed by atoms with van der Waals surface area (Å²) in [5.41, 5.74) is 1.06. The standard InChI is InChI=1S/C18H16FN3O3S/c1-24-15-8-4-6-12(9-20-22-18-21-16(23)11-26-18)17(15)25-10-13-5-2-3-7-14(13)19/h2-9H,10-11H2,1H3,(H,21,22,23). The predicted octanol–water partition coefficient (Wildman–Crippen LogP) is 2.97. The fourth-order valence-electron chi connectivity index (χ4n) is 2.24. The van der Waals surface area contributed by atoms with Crippen LogP contribution in [-0.4, -0.2) is 30.2 Å². The van der Waals surface area contributed by atoms with Crippen LogP contribution < -0.4 is 14.8 Å². The van der Waals surface area contributed by atoms with E-state index in [0.29, 0.717) is 33.5 Å². The molecule has 0 aromatic heterocycles. The van der Waals surface area contributed by atoms with Gasteiger partial charge in [-0.3, -0.25) is 4.79 Å². The Kier molecular flexibility index (Phi) is 5.85. The van der Waals surface area contributed by atoms with Gasteiger partial charge in [0.15, 0.2) is 16.7 Å². The number of rotatable bonds is 6. The number of benzene rings is 2. The zero-order valence-corrected chi connectivity index (χ0v) is 14.8. The van der Waals surface area contributed by atoms with E-state index < -0.39 is 0 Å². The average molecular weight is 373 g/mol. The minimum atomic E-state index is -0.335. The van der Waals surface area contributed by atoms with Crippen molar-refractivity contribution in [1.29, 1.82) is 0 Å². The van der Waals surface area contributed by atoms with Crippen molar-refractivity contribution in [3.8, 4) is 11.5 Å². The van der Waals surface area contributed by atoms with E-state index in [2.05, 4.69) is 15.5 Å². The van der Waals surface area contributed by atoms with Gasteiger partial charge in [0.1, 0.15) is 12.4 Å². The van der Waals surface area contributed by atoms with Crippen molar-refractivity contribution >= 4 is 29.1 Å². The van der Waals surface area contributed by atoms with Gasteiger partial charge in [-0.15, -0.1) is 5.10 Å². The first kappa shape index (κ1) is 17.9. The van der Waals surface area contributed by atoms with Crippen molar-refractivity contribution in [2.45, 2.75) is 6.61 Å². The quantitative estimate of drug-likeness (QED) is 0.624. The molecule has 1 aliphatic heterocycles. The summed E-state index contributed by atoms with van der Waals surface area (Å²) in [6.07, 6.45) is 1.50. The van der Waals surface area contributed by atoms with Gasteiger partial charge in [-0.1, -0.05) is 36.0 Å². The molecule has 2 aromatic rings. The predicted molar refractivity (Wildman–Crippen MR) is 99.4 cm³/mol. The summed E-state index contributed by atoms with van der Waals surface area (Å²) in [7, 11) is 1.52. The summed E-state index contributed by atoms with van der Waals surface area (Å²) in [5, 5.41) is 11.0. The number of hydrogen-bond acceptors (Lipinski definition) is 6. The summed E-state index contributed by atoms with van der Waals surface area (Å²) < 4.78 is 24.9. The SMILES string of the molecule is COc1cccc(C=NN=C2NC(=O)CS2)c1OCc1ccccc1F. The van der Waals surface area contributed by atoms with Gasteiger partial charge in [0.2, 0.25) is 5.91 Å². The van der Waals surface area contributed by atoms with Crippen LogP contribution in [0.2, 0.25) is 0 Å². The van der Waals surface area contributed by atoms with Crippen molar-refractivity contribution in [3.63, 3.8) is 0 Å². The molecular formula is C18H16FN3O3S. The van der Waals surface area contributed by atoms with Gasteiger partial charge in [0, 0.05) is 11.1 Å². The van der Waals surface area contributed by atoms with Crippen molar-refractivity contribution in [2.75, 3.05) is 12.9 Å². The summed E-state index contributed by atoms with van der Waals surface area (Å²) >= 11 is 1.28. The van der Waals surface area contributed by atoms with Gasteiger partial charge in [0.05, 0.1) is 19.1 Å². The number of nitrogens with zero attached hydrogens (tertiary/aromatic N) is 2. The van der Waals surface area contributed by atoms with E-state index in [9.17, 15) is 9.18 Å². The number of halogens is 1. The van der Waals surface area contributed by atoms with Gasteiger partial charge in [-0.2, -0.15) is 5.10 Å². The van der Waals surface area contributed by atoms with Crippen LogP contribution in [0, 0.1) is 5.82 Å². The van der Waals surface area contributed by atoms with Crippen LogP contribution in [0.4, 0.5) is 4.39 Å². The van der Waals surface area contributed by atoms with E-state index in [1.165, 1.54) is 31.2 Å². The number of hydrogen-bond donors (Lipinski definition) is 1. The summed E-state index contributed by atoms with van der Waals surface area (Å²) in [5.74, 6) is 0.842. The average Bonchev–Trinajstić information content (AvgIpc) is 3.06. The number of carbonyl (C=O) groups excluding carboxylic acids is 1. The zero-order valence-electron chi connectivity index (χ0n) is 13.9. The number of ether oxygens (including phenoxy) is 2. The number of methoxy groups -OCH3 is 1. The third-order valence-electron chi connectivity index (χ3n) is 3.49. The van der Waals surface area contributed by atoms with Crippen LogP contribution in [0.5, 0.6) is 11.5 Å². The topological polar surface area (TPSA) is 72.3 Å². The Morgan fingerprint density at radius 1 is 1.27 bits per heavy atom.